The molecule has 0 saturated heterocycles. The summed E-state index contributed by atoms with van der Waals surface area (Å²) < 4.78 is 5.69. The number of benzene rings is 2. The number of fused-ring (bicyclic) bond motifs is 1. The normalized spacial score (nSPS) is 10.9. The van der Waals surface area contributed by atoms with Crippen molar-refractivity contribution in [3.05, 3.63) is 59.4 Å². The Hall–Kier alpha value is -2.29. The van der Waals surface area contributed by atoms with E-state index in [1.54, 1.807) is 0 Å². The van der Waals surface area contributed by atoms with E-state index in [-0.39, 0.29) is 0 Å². The monoisotopic (exact) mass is 266 g/mol. The van der Waals surface area contributed by atoms with E-state index in [1.165, 1.54) is 11.1 Å². The highest BCUT2D eigenvalue weighted by molar-refractivity contribution is 5.77. The first-order chi connectivity index (χ1) is 9.72. The molecule has 0 unspecified atom stereocenters. The Bertz CT molecular complexity index is 677. The standard InChI is InChI=1S/C17H18N2O/c1-12-10-15-16(11-13(12)2)19-17(18-15)8-9-20-14-6-4-3-5-7-14/h3-7,10-11H,8-9H2,1-2H3,(H,18,19). The summed E-state index contributed by atoms with van der Waals surface area (Å²) in [5.41, 5.74) is 4.69. The van der Waals surface area contributed by atoms with Gasteiger partial charge in [-0.1, -0.05) is 18.2 Å². The second-order valence-corrected chi connectivity index (χ2v) is 5.05. The molecule has 0 fully saturated rings. The molecule has 3 rings (SSSR count). The Morgan fingerprint density at radius 2 is 1.80 bits per heavy atom. The zero-order valence-electron chi connectivity index (χ0n) is 11.8. The minimum atomic E-state index is 0.627. The molecule has 1 heterocycles. The molecular formula is C17H18N2O. The minimum Gasteiger partial charge on any atom is -0.493 e. The van der Waals surface area contributed by atoms with E-state index < -0.39 is 0 Å². The van der Waals surface area contributed by atoms with Crippen LogP contribution >= 0.6 is 0 Å². The van der Waals surface area contributed by atoms with E-state index in [0.717, 1.165) is 29.0 Å². The lowest BCUT2D eigenvalue weighted by Crippen LogP contribution is -2.02. The van der Waals surface area contributed by atoms with Crippen molar-refractivity contribution < 1.29 is 4.74 Å². The lowest BCUT2D eigenvalue weighted by atomic mass is 10.1. The molecule has 2 aromatic carbocycles. The number of aromatic amines is 1. The first kappa shape index (κ1) is 12.7. The maximum Gasteiger partial charge on any atom is 0.119 e. The molecule has 0 spiro atoms. The van der Waals surface area contributed by atoms with E-state index in [0.29, 0.717) is 6.61 Å². The summed E-state index contributed by atoms with van der Waals surface area (Å²) in [6.45, 7) is 4.86. The van der Waals surface area contributed by atoms with Gasteiger partial charge >= 0.3 is 0 Å². The zero-order chi connectivity index (χ0) is 13.9. The first-order valence-electron chi connectivity index (χ1n) is 6.86. The molecule has 0 atom stereocenters. The molecule has 3 aromatic rings. The number of hydrogen-bond donors (Lipinski definition) is 1. The summed E-state index contributed by atoms with van der Waals surface area (Å²) in [6, 6.07) is 14.1. The van der Waals surface area contributed by atoms with Gasteiger partial charge in [0.1, 0.15) is 11.6 Å². The number of aryl methyl sites for hydroxylation is 2. The summed E-state index contributed by atoms with van der Waals surface area (Å²) in [4.78, 5) is 7.97. The fraction of sp³-hybridized carbons (Fsp3) is 0.235. The van der Waals surface area contributed by atoms with Crippen molar-refractivity contribution >= 4 is 11.0 Å². The molecule has 0 aliphatic rings. The molecule has 0 saturated carbocycles. The lowest BCUT2D eigenvalue weighted by Gasteiger charge is -2.03. The Balaban J connectivity index is 1.69. The van der Waals surface area contributed by atoms with Crippen LogP contribution in [0.25, 0.3) is 11.0 Å². The Morgan fingerprint density at radius 3 is 2.60 bits per heavy atom. The van der Waals surface area contributed by atoms with Crippen molar-refractivity contribution in [2.24, 2.45) is 0 Å². The quantitative estimate of drug-likeness (QED) is 0.780. The molecule has 1 aromatic heterocycles. The third-order valence-electron chi connectivity index (χ3n) is 3.50. The summed E-state index contributed by atoms with van der Waals surface area (Å²) in [5.74, 6) is 1.87. The molecule has 1 N–H and O–H groups in total. The predicted molar refractivity (Wildman–Crippen MR) is 81.2 cm³/mol. The van der Waals surface area contributed by atoms with Gasteiger partial charge in [-0.05, 0) is 49.2 Å². The molecule has 0 aliphatic heterocycles. The number of hydrogen-bond acceptors (Lipinski definition) is 2. The highest BCUT2D eigenvalue weighted by atomic mass is 16.5. The largest absolute Gasteiger partial charge is 0.493 e. The van der Waals surface area contributed by atoms with Crippen LogP contribution in [-0.4, -0.2) is 16.6 Å². The molecular weight excluding hydrogens is 248 g/mol. The van der Waals surface area contributed by atoms with Crippen molar-refractivity contribution in [1.82, 2.24) is 9.97 Å². The van der Waals surface area contributed by atoms with Crippen molar-refractivity contribution in [2.45, 2.75) is 20.3 Å². The predicted octanol–water partition coefficient (Wildman–Crippen LogP) is 3.80. The van der Waals surface area contributed by atoms with Crippen LogP contribution in [0.15, 0.2) is 42.5 Å². The zero-order valence-corrected chi connectivity index (χ0v) is 11.8. The van der Waals surface area contributed by atoms with Crippen LogP contribution in [0.5, 0.6) is 5.75 Å². The maximum atomic E-state index is 5.69. The second kappa shape index (κ2) is 5.37. The Kier molecular flexibility index (Phi) is 3.42. The lowest BCUT2D eigenvalue weighted by molar-refractivity contribution is 0.319. The Labute approximate surface area is 118 Å². The van der Waals surface area contributed by atoms with Crippen LogP contribution in [0.1, 0.15) is 17.0 Å². The van der Waals surface area contributed by atoms with Crippen LogP contribution in [0.3, 0.4) is 0 Å². The van der Waals surface area contributed by atoms with Crippen molar-refractivity contribution in [3.63, 3.8) is 0 Å². The molecule has 3 heteroatoms. The van der Waals surface area contributed by atoms with Gasteiger partial charge in [-0.25, -0.2) is 4.98 Å². The molecule has 20 heavy (non-hydrogen) atoms. The summed E-state index contributed by atoms with van der Waals surface area (Å²) in [7, 11) is 0. The van der Waals surface area contributed by atoms with Crippen molar-refractivity contribution in [2.75, 3.05) is 6.61 Å². The number of nitrogens with zero attached hydrogens (tertiary/aromatic N) is 1. The Morgan fingerprint density at radius 1 is 1.05 bits per heavy atom. The van der Waals surface area contributed by atoms with Gasteiger partial charge in [-0.3, -0.25) is 0 Å². The number of ether oxygens (including phenoxy) is 1. The smallest absolute Gasteiger partial charge is 0.119 e. The van der Waals surface area contributed by atoms with Gasteiger partial charge in [-0.15, -0.1) is 0 Å². The average Bonchev–Trinajstić information content (AvgIpc) is 2.82. The van der Waals surface area contributed by atoms with Crippen LogP contribution < -0.4 is 4.74 Å². The molecule has 3 nitrogen and oxygen atoms in total. The first-order valence-corrected chi connectivity index (χ1v) is 6.86. The average molecular weight is 266 g/mol. The third-order valence-corrected chi connectivity index (χ3v) is 3.50. The second-order valence-electron chi connectivity index (χ2n) is 5.05. The van der Waals surface area contributed by atoms with Gasteiger partial charge in [0.2, 0.25) is 0 Å². The van der Waals surface area contributed by atoms with Gasteiger partial charge in [0, 0.05) is 6.42 Å². The number of H-pyrrole nitrogens is 1. The SMILES string of the molecule is Cc1cc2nc(CCOc3ccccc3)[nH]c2cc1C. The van der Waals surface area contributed by atoms with Crippen LogP contribution in [0.4, 0.5) is 0 Å². The highest BCUT2D eigenvalue weighted by Gasteiger charge is 2.05. The van der Waals surface area contributed by atoms with Crippen LogP contribution in [0.2, 0.25) is 0 Å². The highest BCUT2D eigenvalue weighted by Crippen LogP contribution is 2.17. The minimum absolute atomic E-state index is 0.627. The van der Waals surface area contributed by atoms with E-state index in [2.05, 4.69) is 35.9 Å². The van der Waals surface area contributed by atoms with E-state index in [4.69, 9.17) is 4.74 Å². The fourth-order valence-electron chi connectivity index (χ4n) is 2.22. The van der Waals surface area contributed by atoms with Gasteiger partial charge in [0.05, 0.1) is 17.6 Å². The maximum absolute atomic E-state index is 5.69. The topological polar surface area (TPSA) is 37.9 Å². The van der Waals surface area contributed by atoms with Gasteiger partial charge in [0.25, 0.3) is 0 Å². The summed E-state index contributed by atoms with van der Waals surface area (Å²) in [6.07, 6.45) is 0.779. The summed E-state index contributed by atoms with van der Waals surface area (Å²) in [5, 5.41) is 0. The molecule has 0 amide bonds. The van der Waals surface area contributed by atoms with Crippen LogP contribution in [-0.2, 0) is 6.42 Å². The van der Waals surface area contributed by atoms with E-state index in [9.17, 15) is 0 Å². The number of imidazole rings is 1. The van der Waals surface area contributed by atoms with E-state index >= 15 is 0 Å². The molecule has 0 radical (unpaired) electrons. The molecule has 0 bridgehead atoms. The summed E-state index contributed by atoms with van der Waals surface area (Å²) >= 11 is 0. The number of para-hydroxylation sites is 1. The van der Waals surface area contributed by atoms with Gasteiger partial charge in [-0.2, -0.15) is 0 Å². The number of nitrogens with one attached hydrogen (secondary N) is 1. The van der Waals surface area contributed by atoms with Crippen molar-refractivity contribution in [3.8, 4) is 5.75 Å². The number of aromatic nitrogens is 2. The van der Waals surface area contributed by atoms with E-state index in [1.807, 2.05) is 30.3 Å². The van der Waals surface area contributed by atoms with Crippen LogP contribution in [0, 0.1) is 13.8 Å². The van der Waals surface area contributed by atoms with Gasteiger partial charge < -0.3 is 9.72 Å². The molecule has 102 valence electrons. The number of rotatable bonds is 4. The van der Waals surface area contributed by atoms with Gasteiger partial charge in [0.15, 0.2) is 0 Å². The third kappa shape index (κ3) is 2.67. The van der Waals surface area contributed by atoms with Crippen molar-refractivity contribution in [1.29, 1.82) is 0 Å². The molecule has 0 aliphatic carbocycles. The fourth-order valence-corrected chi connectivity index (χ4v) is 2.22.